The molecule has 33 heavy (non-hydrogen) atoms. The van der Waals surface area contributed by atoms with E-state index >= 15 is 0 Å². The fourth-order valence-electron chi connectivity index (χ4n) is 4.48. The Morgan fingerprint density at radius 1 is 1.24 bits per heavy atom. The van der Waals surface area contributed by atoms with E-state index < -0.39 is 10.0 Å². The molecule has 2 aromatic heterocycles. The van der Waals surface area contributed by atoms with E-state index in [9.17, 15) is 13.2 Å². The van der Waals surface area contributed by atoms with Crippen LogP contribution in [0.5, 0.6) is 0 Å². The number of H-pyrrole nitrogens is 1. The minimum Gasteiger partial charge on any atom is -0.374 e. The largest absolute Gasteiger partial charge is 0.374 e. The van der Waals surface area contributed by atoms with Gasteiger partial charge in [-0.15, -0.1) is 0 Å². The van der Waals surface area contributed by atoms with Crippen molar-refractivity contribution in [1.29, 1.82) is 0 Å². The van der Waals surface area contributed by atoms with Gasteiger partial charge in [-0.25, -0.2) is 13.4 Å². The number of piperazine rings is 1. The topological polar surface area (TPSA) is 111 Å². The number of fused-ring (bicyclic) bond motifs is 1. The number of aromatic nitrogens is 2. The van der Waals surface area contributed by atoms with Crippen LogP contribution in [0.1, 0.15) is 13.8 Å². The standard InChI is InChI=1S/C22H34N6O4S/c1-17(2)14-27-10-11-32-18(15-27)12-24-21(29)16-26-6-8-28(9-7-26)33(30,31)20-13-25-22-19(20)4-3-5-23-22/h3-5,13,17-18H,6-12,14-16H2,1-2H3,(H,23,25)(H,24,29). The maximum Gasteiger partial charge on any atom is 0.245 e. The number of aromatic amines is 1. The Bertz CT molecular complexity index is 1050. The van der Waals surface area contributed by atoms with Crippen LogP contribution in [-0.4, -0.2) is 110 Å². The summed E-state index contributed by atoms with van der Waals surface area (Å²) in [6.07, 6.45) is 3.14. The summed E-state index contributed by atoms with van der Waals surface area (Å²) < 4.78 is 33.5. The second-order valence-electron chi connectivity index (χ2n) is 9.18. The van der Waals surface area contributed by atoms with Crippen molar-refractivity contribution in [3.8, 4) is 0 Å². The van der Waals surface area contributed by atoms with Crippen molar-refractivity contribution in [3.05, 3.63) is 24.5 Å². The number of nitrogens with zero attached hydrogens (tertiary/aromatic N) is 4. The molecule has 2 fully saturated rings. The first-order valence-electron chi connectivity index (χ1n) is 11.6. The second-order valence-corrected chi connectivity index (χ2v) is 11.1. The predicted molar refractivity (Wildman–Crippen MR) is 125 cm³/mol. The van der Waals surface area contributed by atoms with Crippen molar-refractivity contribution in [3.63, 3.8) is 0 Å². The predicted octanol–water partition coefficient (Wildman–Crippen LogP) is 0.342. The van der Waals surface area contributed by atoms with Gasteiger partial charge < -0.3 is 15.0 Å². The Kier molecular flexibility index (Phi) is 7.65. The van der Waals surface area contributed by atoms with Gasteiger partial charge in [0.1, 0.15) is 10.5 Å². The molecule has 1 unspecified atom stereocenters. The van der Waals surface area contributed by atoms with Gasteiger partial charge in [-0.2, -0.15) is 4.31 Å². The molecule has 0 bridgehead atoms. The number of sulfonamides is 1. The molecule has 0 spiro atoms. The van der Waals surface area contributed by atoms with E-state index in [1.807, 2.05) is 4.90 Å². The van der Waals surface area contributed by atoms with Gasteiger partial charge in [-0.05, 0) is 18.1 Å². The first-order valence-corrected chi connectivity index (χ1v) is 13.0. The van der Waals surface area contributed by atoms with E-state index in [0.29, 0.717) is 56.3 Å². The van der Waals surface area contributed by atoms with Gasteiger partial charge in [0, 0.05) is 70.1 Å². The van der Waals surface area contributed by atoms with E-state index in [1.165, 1.54) is 10.5 Å². The van der Waals surface area contributed by atoms with Crippen LogP contribution in [-0.2, 0) is 19.6 Å². The Morgan fingerprint density at radius 3 is 2.79 bits per heavy atom. The van der Waals surface area contributed by atoms with Crippen molar-refractivity contribution < 1.29 is 17.9 Å². The van der Waals surface area contributed by atoms with Crippen molar-refractivity contribution in [2.75, 3.05) is 65.5 Å². The molecule has 2 aliphatic rings. The van der Waals surface area contributed by atoms with Crippen LogP contribution < -0.4 is 5.32 Å². The maximum atomic E-state index is 13.1. The average molecular weight is 479 g/mol. The van der Waals surface area contributed by atoms with Gasteiger partial charge in [-0.3, -0.25) is 14.6 Å². The molecule has 2 N–H and O–H groups in total. The number of carbonyl (C=O) groups is 1. The van der Waals surface area contributed by atoms with Crippen LogP contribution in [0.2, 0.25) is 0 Å². The molecule has 1 amide bonds. The summed E-state index contributed by atoms with van der Waals surface area (Å²) in [5.74, 6) is 0.548. The molecule has 0 radical (unpaired) electrons. The molecule has 4 rings (SSSR count). The van der Waals surface area contributed by atoms with E-state index in [2.05, 4.69) is 34.0 Å². The van der Waals surface area contributed by atoms with Gasteiger partial charge in [-0.1, -0.05) is 13.8 Å². The first-order chi connectivity index (χ1) is 15.8. The zero-order valence-electron chi connectivity index (χ0n) is 19.4. The summed E-state index contributed by atoms with van der Waals surface area (Å²) >= 11 is 0. The average Bonchev–Trinajstić information content (AvgIpc) is 3.23. The monoisotopic (exact) mass is 478 g/mol. The minimum atomic E-state index is -3.62. The lowest BCUT2D eigenvalue weighted by molar-refractivity contribution is -0.123. The molecular formula is C22H34N6O4S. The summed E-state index contributed by atoms with van der Waals surface area (Å²) in [4.78, 5) is 24.2. The number of amides is 1. The van der Waals surface area contributed by atoms with Crippen LogP contribution in [0.3, 0.4) is 0 Å². The van der Waals surface area contributed by atoms with Crippen molar-refractivity contribution >= 4 is 27.0 Å². The normalized spacial score (nSPS) is 21.6. The zero-order chi connectivity index (χ0) is 23.4. The summed E-state index contributed by atoms with van der Waals surface area (Å²) in [5, 5.41) is 3.58. The van der Waals surface area contributed by atoms with Crippen molar-refractivity contribution in [2.45, 2.75) is 24.8 Å². The molecular weight excluding hydrogens is 444 g/mol. The smallest absolute Gasteiger partial charge is 0.245 e. The number of rotatable bonds is 8. The second kappa shape index (κ2) is 10.5. The van der Waals surface area contributed by atoms with E-state index in [4.69, 9.17) is 4.74 Å². The highest BCUT2D eigenvalue weighted by Crippen LogP contribution is 2.25. The Morgan fingerprint density at radius 2 is 2.03 bits per heavy atom. The molecule has 1 atom stereocenters. The highest BCUT2D eigenvalue weighted by molar-refractivity contribution is 7.89. The summed E-state index contributed by atoms with van der Waals surface area (Å²) in [5.41, 5.74) is 0.556. The number of carbonyl (C=O) groups excluding carboxylic acids is 1. The molecule has 182 valence electrons. The summed E-state index contributed by atoms with van der Waals surface area (Å²) in [6.45, 7) is 10.4. The molecule has 2 aromatic rings. The molecule has 0 aromatic carbocycles. The number of nitrogens with one attached hydrogen (secondary N) is 2. The lowest BCUT2D eigenvalue weighted by Gasteiger charge is -2.35. The Labute approximate surface area is 195 Å². The number of hydrogen-bond donors (Lipinski definition) is 2. The van der Waals surface area contributed by atoms with E-state index in [1.54, 1.807) is 18.3 Å². The van der Waals surface area contributed by atoms with Crippen LogP contribution in [0.25, 0.3) is 11.0 Å². The van der Waals surface area contributed by atoms with Crippen molar-refractivity contribution in [1.82, 2.24) is 29.4 Å². The lowest BCUT2D eigenvalue weighted by Crippen LogP contribution is -2.52. The third-order valence-corrected chi connectivity index (χ3v) is 8.04. The Hall–Kier alpha value is -2.05. The fourth-order valence-corrected chi connectivity index (χ4v) is 6.06. The number of hydrogen-bond acceptors (Lipinski definition) is 7. The van der Waals surface area contributed by atoms with E-state index in [0.717, 1.165) is 19.6 Å². The van der Waals surface area contributed by atoms with Crippen LogP contribution >= 0.6 is 0 Å². The fraction of sp³-hybridized carbons (Fsp3) is 0.636. The van der Waals surface area contributed by atoms with Gasteiger partial charge in [0.15, 0.2) is 0 Å². The molecule has 10 nitrogen and oxygen atoms in total. The summed E-state index contributed by atoms with van der Waals surface area (Å²) in [7, 11) is -3.62. The molecule has 4 heterocycles. The lowest BCUT2D eigenvalue weighted by atomic mass is 10.2. The first kappa shape index (κ1) is 24.1. The third-order valence-electron chi connectivity index (χ3n) is 6.10. The quantitative estimate of drug-likeness (QED) is 0.563. The van der Waals surface area contributed by atoms with E-state index in [-0.39, 0.29) is 23.5 Å². The third kappa shape index (κ3) is 5.90. The van der Waals surface area contributed by atoms with Gasteiger partial charge in [0.25, 0.3) is 0 Å². The highest BCUT2D eigenvalue weighted by Gasteiger charge is 2.31. The van der Waals surface area contributed by atoms with Crippen LogP contribution in [0, 0.1) is 5.92 Å². The van der Waals surface area contributed by atoms with Gasteiger partial charge >= 0.3 is 0 Å². The number of ether oxygens (including phenoxy) is 1. The van der Waals surface area contributed by atoms with Crippen molar-refractivity contribution in [2.24, 2.45) is 5.92 Å². The van der Waals surface area contributed by atoms with Crippen LogP contribution in [0.15, 0.2) is 29.4 Å². The Balaban J connectivity index is 1.23. The minimum absolute atomic E-state index is 0.00843. The molecule has 2 saturated heterocycles. The zero-order valence-corrected chi connectivity index (χ0v) is 20.2. The summed E-state index contributed by atoms with van der Waals surface area (Å²) in [6, 6.07) is 3.48. The SMILES string of the molecule is CC(C)CN1CCOC(CNC(=O)CN2CCN(S(=O)(=O)c3c[nH]c4ncccc34)CC2)C1. The number of pyridine rings is 1. The number of morpholine rings is 1. The van der Waals surface area contributed by atoms with Gasteiger partial charge in [0.05, 0.1) is 19.3 Å². The van der Waals surface area contributed by atoms with Crippen LogP contribution in [0.4, 0.5) is 0 Å². The van der Waals surface area contributed by atoms with Gasteiger partial charge in [0.2, 0.25) is 15.9 Å². The highest BCUT2D eigenvalue weighted by atomic mass is 32.2. The molecule has 2 aliphatic heterocycles. The maximum absolute atomic E-state index is 13.1. The molecule has 11 heteroatoms. The molecule has 0 aliphatic carbocycles. The molecule has 0 saturated carbocycles.